The fourth-order valence-electron chi connectivity index (χ4n) is 2.47. The molecule has 5 heteroatoms. The van der Waals surface area contributed by atoms with E-state index < -0.39 is 18.1 Å². The molecule has 0 spiro atoms. The molecule has 0 saturated heterocycles. The van der Waals surface area contributed by atoms with E-state index in [9.17, 15) is 9.59 Å². The highest BCUT2D eigenvalue weighted by molar-refractivity contribution is 5.73. The molecule has 1 N–H and O–H groups in total. The van der Waals surface area contributed by atoms with Gasteiger partial charge >= 0.3 is 12.1 Å². The summed E-state index contributed by atoms with van der Waals surface area (Å²) in [5.41, 5.74) is 1.98. The third kappa shape index (κ3) is 2.99. The third-order valence-electron chi connectivity index (χ3n) is 3.34. The molecule has 1 aliphatic heterocycles. The van der Waals surface area contributed by atoms with Gasteiger partial charge in [-0.15, -0.1) is 0 Å². The number of carboxylic acids is 1. The molecule has 1 aliphatic rings. The van der Waals surface area contributed by atoms with Gasteiger partial charge in [-0.05, 0) is 17.5 Å². The van der Waals surface area contributed by atoms with Crippen LogP contribution in [0.2, 0.25) is 0 Å². The van der Waals surface area contributed by atoms with Gasteiger partial charge in [-0.2, -0.15) is 0 Å². The van der Waals surface area contributed by atoms with Crippen LogP contribution in [-0.4, -0.2) is 35.2 Å². The maximum atomic E-state index is 12.0. The van der Waals surface area contributed by atoms with E-state index >= 15 is 0 Å². The molecule has 106 valence electrons. The predicted octanol–water partition coefficient (Wildman–Crippen LogP) is 2.38. The lowest BCUT2D eigenvalue weighted by atomic mass is 9.91. The average Bonchev–Trinajstić information content (AvgIpc) is 2.44. The normalized spacial score (nSPS) is 17.2. The number of carboxylic acid groups (broad SMARTS) is 1. The lowest BCUT2D eigenvalue weighted by molar-refractivity contribution is -0.138. The number of benzene rings is 1. The number of carbonyl (C=O) groups is 2. The van der Waals surface area contributed by atoms with Crippen LogP contribution >= 0.6 is 0 Å². The van der Waals surface area contributed by atoms with Crippen molar-refractivity contribution in [3.8, 4) is 0 Å². The molecule has 0 aromatic heterocycles. The maximum absolute atomic E-state index is 12.0. The highest BCUT2D eigenvalue weighted by Gasteiger charge is 2.32. The first kappa shape index (κ1) is 14.1. The number of hydrogen-bond donors (Lipinski definition) is 1. The fraction of sp³-hybridized carbons (Fsp3) is 0.333. The monoisotopic (exact) mass is 275 g/mol. The van der Waals surface area contributed by atoms with Gasteiger partial charge in [0.1, 0.15) is 6.61 Å². The SMILES string of the molecule is C=CCOC(=O)N1CCc2ccccc2C1CC(=O)O. The van der Waals surface area contributed by atoms with Gasteiger partial charge < -0.3 is 14.7 Å². The molecule has 0 bridgehead atoms. The summed E-state index contributed by atoms with van der Waals surface area (Å²) in [6.45, 7) is 4.08. The second kappa shape index (κ2) is 6.23. The van der Waals surface area contributed by atoms with Crippen molar-refractivity contribution in [2.75, 3.05) is 13.2 Å². The van der Waals surface area contributed by atoms with Crippen molar-refractivity contribution >= 4 is 12.1 Å². The summed E-state index contributed by atoms with van der Waals surface area (Å²) >= 11 is 0. The van der Waals surface area contributed by atoms with Crippen LogP contribution in [0.1, 0.15) is 23.6 Å². The second-order valence-electron chi connectivity index (χ2n) is 4.62. The first-order valence-corrected chi connectivity index (χ1v) is 6.47. The number of amides is 1. The van der Waals surface area contributed by atoms with E-state index in [-0.39, 0.29) is 13.0 Å². The Morgan fingerprint density at radius 1 is 1.45 bits per heavy atom. The van der Waals surface area contributed by atoms with E-state index in [1.807, 2.05) is 24.3 Å². The van der Waals surface area contributed by atoms with Crippen LogP contribution in [0.3, 0.4) is 0 Å². The van der Waals surface area contributed by atoms with Crippen molar-refractivity contribution in [3.63, 3.8) is 0 Å². The van der Waals surface area contributed by atoms with Crippen molar-refractivity contribution in [2.24, 2.45) is 0 Å². The lowest BCUT2D eigenvalue weighted by Crippen LogP contribution is -2.41. The van der Waals surface area contributed by atoms with Gasteiger partial charge in [0.2, 0.25) is 0 Å². The maximum Gasteiger partial charge on any atom is 0.410 e. The van der Waals surface area contributed by atoms with Crippen LogP contribution in [0.15, 0.2) is 36.9 Å². The molecule has 0 radical (unpaired) electrons. The summed E-state index contributed by atoms with van der Waals surface area (Å²) in [6, 6.07) is 7.14. The molecule has 1 heterocycles. The Bertz CT molecular complexity index is 526. The second-order valence-corrected chi connectivity index (χ2v) is 4.62. The molecular formula is C15H17NO4. The molecule has 1 aromatic carbocycles. The summed E-state index contributed by atoms with van der Waals surface area (Å²) < 4.78 is 5.03. The molecule has 0 aliphatic carbocycles. The Kier molecular flexibility index (Phi) is 4.40. The standard InChI is InChI=1S/C15H17NO4/c1-2-9-20-15(19)16-8-7-11-5-3-4-6-12(11)13(16)10-14(17)18/h2-6,13H,1,7-10H2,(H,17,18). The molecule has 2 rings (SSSR count). The fourth-order valence-corrected chi connectivity index (χ4v) is 2.47. The number of carbonyl (C=O) groups excluding carboxylic acids is 1. The molecule has 0 saturated carbocycles. The molecule has 1 atom stereocenters. The molecule has 5 nitrogen and oxygen atoms in total. The Balaban J connectivity index is 2.26. The van der Waals surface area contributed by atoms with Crippen molar-refractivity contribution in [2.45, 2.75) is 18.9 Å². The van der Waals surface area contributed by atoms with Gasteiger partial charge in [-0.1, -0.05) is 36.9 Å². The first-order chi connectivity index (χ1) is 9.63. The van der Waals surface area contributed by atoms with Crippen molar-refractivity contribution < 1.29 is 19.4 Å². The highest BCUT2D eigenvalue weighted by atomic mass is 16.6. The number of fused-ring (bicyclic) bond motifs is 1. The predicted molar refractivity (Wildman–Crippen MR) is 73.4 cm³/mol. The zero-order chi connectivity index (χ0) is 14.5. The van der Waals surface area contributed by atoms with Crippen molar-refractivity contribution in [1.29, 1.82) is 0 Å². The minimum absolute atomic E-state index is 0.122. The van der Waals surface area contributed by atoms with Gasteiger partial charge in [0.25, 0.3) is 0 Å². The third-order valence-corrected chi connectivity index (χ3v) is 3.34. The Morgan fingerprint density at radius 3 is 2.90 bits per heavy atom. The van der Waals surface area contributed by atoms with E-state index in [4.69, 9.17) is 9.84 Å². The van der Waals surface area contributed by atoms with E-state index in [0.717, 1.165) is 11.1 Å². The summed E-state index contributed by atoms with van der Waals surface area (Å²) in [4.78, 5) is 24.6. The van der Waals surface area contributed by atoms with E-state index in [1.165, 1.54) is 11.0 Å². The number of hydrogen-bond acceptors (Lipinski definition) is 3. The number of nitrogens with zero attached hydrogens (tertiary/aromatic N) is 1. The van der Waals surface area contributed by atoms with Crippen molar-refractivity contribution in [3.05, 3.63) is 48.0 Å². The summed E-state index contributed by atoms with van der Waals surface area (Å²) in [5.74, 6) is -0.937. The zero-order valence-corrected chi connectivity index (χ0v) is 11.1. The van der Waals surface area contributed by atoms with Gasteiger partial charge in [0.05, 0.1) is 12.5 Å². The molecule has 1 amide bonds. The van der Waals surface area contributed by atoms with Crippen LogP contribution in [-0.2, 0) is 16.0 Å². The van der Waals surface area contributed by atoms with Crippen LogP contribution < -0.4 is 0 Å². The van der Waals surface area contributed by atoms with Gasteiger partial charge in [-0.25, -0.2) is 4.79 Å². The largest absolute Gasteiger partial charge is 0.481 e. The lowest BCUT2D eigenvalue weighted by Gasteiger charge is -2.35. The number of aliphatic carboxylic acids is 1. The Labute approximate surface area is 117 Å². The highest BCUT2D eigenvalue weighted by Crippen LogP contribution is 2.32. The van der Waals surface area contributed by atoms with Gasteiger partial charge in [0.15, 0.2) is 0 Å². The number of rotatable bonds is 4. The Hall–Kier alpha value is -2.30. The molecule has 1 aromatic rings. The van der Waals surface area contributed by atoms with Gasteiger partial charge in [-0.3, -0.25) is 4.79 Å². The average molecular weight is 275 g/mol. The topological polar surface area (TPSA) is 66.8 Å². The van der Waals surface area contributed by atoms with Crippen molar-refractivity contribution in [1.82, 2.24) is 4.90 Å². The minimum atomic E-state index is -0.937. The summed E-state index contributed by atoms with van der Waals surface area (Å²) in [7, 11) is 0. The zero-order valence-electron chi connectivity index (χ0n) is 11.1. The smallest absolute Gasteiger partial charge is 0.410 e. The van der Waals surface area contributed by atoms with E-state index in [0.29, 0.717) is 13.0 Å². The van der Waals surface area contributed by atoms with Crippen LogP contribution in [0.4, 0.5) is 4.79 Å². The van der Waals surface area contributed by atoms with Gasteiger partial charge in [0, 0.05) is 6.54 Å². The van der Waals surface area contributed by atoms with Crippen LogP contribution in [0.5, 0.6) is 0 Å². The first-order valence-electron chi connectivity index (χ1n) is 6.47. The minimum Gasteiger partial charge on any atom is -0.481 e. The van der Waals surface area contributed by atoms with Crippen LogP contribution in [0, 0.1) is 0 Å². The summed E-state index contributed by atoms with van der Waals surface area (Å²) in [6.07, 6.45) is 1.57. The quantitative estimate of drug-likeness (QED) is 0.857. The summed E-state index contributed by atoms with van der Waals surface area (Å²) in [5, 5.41) is 9.07. The Morgan fingerprint density at radius 2 is 2.20 bits per heavy atom. The molecule has 0 fully saturated rings. The number of ether oxygens (including phenoxy) is 1. The molecular weight excluding hydrogens is 258 g/mol. The van der Waals surface area contributed by atoms with E-state index in [1.54, 1.807) is 0 Å². The van der Waals surface area contributed by atoms with Crippen LogP contribution in [0.25, 0.3) is 0 Å². The molecule has 20 heavy (non-hydrogen) atoms. The van der Waals surface area contributed by atoms with E-state index in [2.05, 4.69) is 6.58 Å². The molecule has 1 unspecified atom stereocenters.